The van der Waals surface area contributed by atoms with Gasteiger partial charge in [0.05, 0.1) is 6.61 Å². The maximum absolute atomic E-state index is 13.1. The molecular weight excluding hydrogens is 219 g/mol. The van der Waals surface area contributed by atoms with Crippen molar-refractivity contribution >= 4 is 0 Å². The largest absolute Gasteiger partial charge is 0.394 e. The summed E-state index contributed by atoms with van der Waals surface area (Å²) >= 11 is 0. The van der Waals surface area contributed by atoms with Crippen molar-refractivity contribution in [3.05, 3.63) is 35.1 Å². The molecule has 0 heterocycles. The molecule has 0 aliphatic rings. The summed E-state index contributed by atoms with van der Waals surface area (Å²) in [7, 11) is 1.93. The lowest BCUT2D eigenvalue weighted by Crippen LogP contribution is -2.43. The molecule has 0 aromatic heterocycles. The Labute approximate surface area is 102 Å². The van der Waals surface area contributed by atoms with Gasteiger partial charge in [0, 0.05) is 18.6 Å². The first-order valence-corrected chi connectivity index (χ1v) is 5.70. The quantitative estimate of drug-likeness (QED) is 0.819. The predicted octanol–water partition coefficient (Wildman–Crippen LogP) is 1.49. The van der Waals surface area contributed by atoms with E-state index < -0.39 is 0 Å². The molecule has 0 radical (unpaired) electrons. The van der Waals surface area contributed by atoms with Crippen molar-refractivity contribution in [3.8, 4) is 0 Å². The van der Waals surface area contributed by atoms with E-state index in [2.05, 4.69) is 0 Å². The number of aliphatic hydroxyl groups excluding tert-OH is 1. The summed E-state index contributed by atoms with van der Waals surface area (Å²) in [4.78, 5) is 2.03. The van der Waals surface area contributed by atoms with Crippen LogP contribution in [0.2, 0.25) is 0 Å². The van der Waals surface area contributed by atoms with Crippen molar-refractivity contribution in [2.24, 2.45) is 5.73 Å². The van der Waals surface area contributed by atoms with E-state index in [0.29, 0.717) is 13.1 Å². The van der Waals surface area contributed by atoms with Crippen molar-refractivity contribution in [1.82, 2.24) is 4.90 Å². The van der Waals surface area contributed by atoms with Gasteiger partial charge >= 0.3 is 0 Å². The van der Waals surface area contributed by atoms with Gasteiger partial charge < -0.3 is 10.8 Å². The molecule has 17 heavy (non-hydrogen) atoms. The monoisotopic (exact) mass is 240 g/mol. The van der Waals surface area contributed by atoms with Crippen molar-refractivity contribution in [2.45, 2.75) is 32.5 Å². The lowest BCUT2D eigenvalue weighted by atomic mass is 10.0. The predicted molar refractivity (Wildman–Crippen MR) is 66.9 cm³/mol. The molecule has 0 saturated heterocycles. The molecule has 3 N–H and O–H groups in total. The van der Waals surface area contributed by atoms with Crippen LogP contribution < -0.4 is 5.73 Å². The maximum atomic E-state index is 13.1. The number of halogens is 1. The average Bonchev–Trinajstić information content (AvgIpc) is 2.31. The lowest BCUT2D eigenvalue weighted by molar-refractivity contribution is 0.0732. The third-order valence-electron chi connectivity index (χ3n) is 3.22. The Morgan fingerprint density at radius 1 is 1.35 bits per heavy atom. The molecule has 0 bridgehead atoms. The summed E-state index contributed by atoms with van der Waals surface area (Å²) in [6.07, 6.45) is 0. The van der Waals surface area contributed by atoms with E-state index in [1.54, 1.807) is 6.07 Å². The number of nitrogens with zero attached hydrogens (tertiary/aromatic N) is 1. The standard InChI is InChI=1S/C13H21FN2O/c1-13(2,9-17)16(3)8-10-4-5-12(14)6-11(10)7-15/h4-6,17H,7-9,15H2,1-3H3. The normalized spacial score (nSPS) is 12.2. The smallest absolute Gasteiger partial charge is 0.123 e. The minimum absolute atomic E-state index is 0.0721. The van der Waals surface area contributed by atoms with E-state index in [0.717, 1.165) is 11.1 Å². The van der Waals surface area contributed by atoms with Gasteiger partial charge in [-0.3, -0.25) is 4.90 Å². The van der Waals surface area contributed by atoms with Gasteiger partial charge in [-0.05, 0) is 44.2 Å². The molecule has 96 valence electrons. The lowest BCUT2D eigenvalue weighted by Gasteiger charge is -2.34. The fourth-order valence-corrected chi connectivity index (χ4v) is 1.53. The number of aliphatic hydroxyl groups is 1. The molecule has 0 spiro atoms. The number of nitrogens with two attached hydrogens (primary N) is 1. The zero-order valence-electron chi connectivity index (χ0n) is 10.7. The van der Waals surface area contributed by atoms with Crippen molar-refractivity contribution in [3.63, 3.8) is 0 Å². The van der Waals surface area contributed by atoms with E-state index in [1.165, 1.54) is 12.1 Å². The Kier molecular flexibility index (Phi) is 4.62. The van der Waals surface area contributed by atoms with Crippen LogP contribution in [0.4, 0.5) is 4.39 Å². The molecule has 0 atom stereocenters. The summed E-state index contributed by atoms with van der Waals surface area (Å²) in [6.45, 7) is 4.95. The SMILES string of the molecule is CN(Cc1ccc(F)cc1CN)C(C)(C)CO. The number of hydrogen-bond donors (Lipinski definition) is 2. The second kappa shape index (κ2) is 5.58. The minimum Gasteiger partial charge on any atom is -0.394 e. The number of hydrogen-bond acceptors (Lipinski definition) is 3. The molecule has 4 heteroatoms. The topological polar surface area (TPSA) is 49.5 Å². The summed E-state index contributed by atoms with van der Waals surface area (Å²) in [6, 6.07) is 4.66. The summed E-state index contributed by atoms with van der Waals surface area (Å²) in [5.41, 5.74) is 7.11. The van der Waals surface area contributed by atoms with Gasteiger partial charge in [0.2, 0.25) is 0 Å². The molecule has 0 aliphatic carbocycles. The fraction of sp³-hybridized carbons (Fsp3) is 0.538. The molecule has 0 amide bonds. The van der Waals surface area contributed by atoms with Gasteiger partial charge in [0.15, 0.2) is 0 Å². The van der Waals surface area contributed by atoms with E-state index in [-0.39, 0.29) is 18.0 Å². The fourth-order valence-electron chi connectivity index (χ4n) is 1.53. The van der Waals surface area contributed by atoms with Crippen molar-refractivity contribution in [1.29, 1.82) is 0 Å². The van der Waals surface area contributed by atoms with Crippen LogP contribution in [0.15, 0.2) is 18.2 Å². The van der Waals surface area contributed by atoms with Crippen LogP contribution >= 0.6 is 0 Å². The first-order chi connectivity index (χ1) is 7.90. The van der Waals surface area contributed by atoms with Gasteiger partial charge in [0.1, 0.15) is 5.82 Å². The van der Waals surface area contributed by atoms with Crippen LogP contribution in [0.1, 0.15) is 25.0 Å². The third kappa shape index (κ3) is 3.49. The molecule has 3 nitrogen and oxygen atoms in total. The Bertz CT molecular complexity index is 380. The van der Waals surface area contributed by atoms with E-state index in [1.807, 2.05) is 25.8 Å². The van der Waals surface area contributed by atoms with Gasteiger partial charge in [-0.15, -0.1) is 0 Å². The highest BCUT2D eigenvalue weighted by Crippen LogP contribution is 2.18. The van der Waals surface area contributed by atoms with Crippen LogP contribution in [0.5, 0.6) is 0 Å². The van der Waals surface area contributed by atoms with Gasteiger partial charge in [0.25, 0.3) is 0 Å². The molecule has 1 aromatic rings. The van der Waals surface area contributed by atoms with Crippen LogP contribution in [0.3, 0.4) is 0 Å². The van der Waals surface area contributed by atoms with Crippen LogP contribution in [-0.4, -0.2) is 29.2 Å². The zero-order chi connectivity index (χ0) is 13.1. The molecule has 0 saturated carbocycles. The molecule has 0 aliphatic heterocycles. The van der Waals surface area contributed by atoms with Gasteiger partial charge in [-0.25, -0.2) is 4.39 Å². The van der Waals surface area contributed by atoms with Gasteiger partial charge in [-0.2, -0.15) is 0 Å². The first-order valence-electron chi connectivity index (χ1n) is 5.70. The Morgan fingerprint density at radius 2 is 2.00 bits per heavy atom. The first kappa shape index (κ1) is 14.1. The van der Waals surface area contributed by atoms with E-state index in [4.69, 9.17) is 5.73 Å². The van der Waals surface area contributed by atoms with Gasteiger partial charge in [-0.1, -0.05) is 6.07 Å². The zero-order valence-corrected chi connectivity index (χ0v) is 10.7. The Balaban J connectivity index is 2.88. The molecule has 1 rings (SSSR count). The van der Waals surface area contributed by atoms with E-state index in [9.17, 15) is 9.50 Å². The molecule has 0 fully saturated rings. The van der Waals surface area contributed by atoms with Crippen LogP contribution in [-0.2, 0) is 13.1 Å². The van der Waals surface area contributed by atoms with Crippen molar-refractivity contribution in [2.75, 3.05) is 13.7 Å². The summed E-state index contributed by atoms with van der Waals surface area (Å²) < 4.78 is 13.1. The second-order valence-electron chi connectivity index (χ2n) is 4.94. The highest BCUT2D eigenvalue weighted by atomic mass is 19.1. The Hall–Kier alpha value is -0.970. The molecule has 1 aromatic carbocycles. The Morgan fingerprint density at radius 3 is 2.53 bits per heavy atom. The van der Waals surface area contributed by atoms with E-state index >= 15 is 0 Å². The van der Waals surface area contributed by atoms with Crippen LogP contribution in [0, 0.1) is 5.82 Å². The maximum Gasteiger partial charge on any atom is 0.123 e. The molecule has 0 unspecified atom stereocenters. The minimum atomic E-state index is -0.305. The molecular formula is C13H21FN2O. The number of benzene rings is 1. The second-order valence-corrected chi connectivity index (χ2v) is 4.94. The third-order valence-corrected chi connectivity index (χ3v) is 3.22. The van der Waals surface area contributed by atoms with Crippen LogP contribution in [0.25, 0.3) is 0 Å². The summed E-state index contributed by atoms with van der Waals surface area (Å²) in [5, 5.41) is 9.29. The van der Waals surface area contributed by atoms with Crippen molar-refractivity contribution < 1.29 is 9.50 Å². The number of rotatable bonds is 5. The highest BCUT2D eigenvalue weighted by molar-refractivity contribution is 5.27. The number of likely N-dealkylation sites (N-methyl/N-ethyl adjacent to an activating group) is 1. The average molecular weight is 240 g/mol. The summed E-state index contributed by atoms with van der Waals surface area (Å²) in [5.74, 6) is -0.265. The highest BCUT2D eigenvalue weighted by Gasteiger charge is 2.22.